The molecule has 2 aromatic rings. The lowest BCUT2D eigenvalue weighted by molar-refractivity contribution is -0.141. The summed E-state index contributed by atoms with van der Waals surface area (Å²) in [6.45, 7) is 3.78. The molecule has 21 heavy (non-hydrogen) atoms. The summed E-state index contributed by atoms with van der Waals surface area (Å²) in [7, 11) is 1.30. The number of rotatable bonds is 4. The molecule has 0 saturated heterocycles. The Bertz CT molecular complexity index is 714. The van der Waals surface area contributed by atoms with Gasteiger partial charge in [-0.15, -0.1) is 0 Å². The molecule has 1 atom stereocenters. The fraction of sp³-hybridized carbons (Fsp3) is 0.375. The van der Waals surface area contributed by atoms with Crippen molar-refractivity contribution >= 4 is 16.9 Å². The van der Waals surface area contributed by atoms with Crippen LogP contribution >= 0.6 is 0 Å². The third-order valence-corrected chi connectivity index (χ3v) is 3.56. The lowest BCUT2D eigenvalue weighted by atomic mass is 9.89. The Kier molecular flexibility index (Phi) is 4.31. The van der Waals surface area contributed by atoms with Crippen molar-refractivity contribution in [2.45, 2.75) is 26.2 Å². The van der Waals surface area contributed by atoms with Crippen LogP contribution in [0.2, 0.25) is 0 Å². The number of aromatic hydroxyl groups is 1. The van der Waals surface area contributed by atoms with E-state index in [4.69, 9.17) is 4.42 Å². The van der Waals surface area contributed by atoms with Gasteiger partial charge in [-0.2, -0.15) is 0 Å². The predicted molar refractivity (Wildman–Crippen MR) is 78.4 cm³/mol. The molecule has 2 rings (SSSR count). The number of ether oxygens (including phenoxy) is 1. The Hall–Kier alpha value is -2.30. The summed E-state index contributed by atoms with van der Waals surface area (Å²) >= 11 is 0. The molecule has 1 aromatic carbocycles. The Labute approximate surface area is 122 Å². The first-order valence-corrected chi connectivity index (χ1v) is 6.77. The third kappa shape index (κ3) is 2.91. The lowest BCUT2D eigenvalue weighted by Gasteiger charge is -2.19. The van der Waals surface area contributed by atoms with Gasteiger partial charge in [0, 0.05) is 5.92 Å². The first-order valence-electron chi connectivity index (χ1n) is 6.77. The quantitative estimate of drug-likeness (QED) is 0.876. The highest BCUT2D eigenvalue weighted by molar-refractivity contribution is 5.78. The molecule has 0 aliphatic carbocycles. The molecule has 1 aromatic heterocycles. The summed E-state index contributed by atoms with van der Waals surface area (Å²) in [5.41, 5.74) is -0.0896. The second kappa shape index (κ2) is 5.99. The van der Waals surface area contributed by atoms with Crippen molar-refractivity contribution in [1.29, 1.82) is 0 Å². The molecule has 1 N–H and O–H groups in total. The average Bonchev–Trinajstić information content (AvgIpc) is 2.48. The van der Waals surface area contributed by atoms with Crippen LogP contribution < -0.4 is 5.43 Å². The van der Waals surface area contributed by atoms with Gasteiger partial charge >= 0.3 is 5.97 Å². The summed E-state index contributed by atoms with van der Waals surface area (Å²) in [6, 6.07) is 6.70. The van der Waals surface area contributed by atoms with Gasteiger partial charge in [0.25, 0.3) is 0 Å². The molecule has 5 heteroatoms. The minimum atomic E-state index is -0.484. The van der Waals surface area contributed by atoms with Crippen molar-refractivity contribution < 1.29 is 19.1 Å². The lowest BCUT2D eigenvalue weighted by Crippen LogP contribution is -2.16. The summed E-state index contributed by atoms with van der Waals surface area (Å²) < 4.78 is 10.4. The maximum atomic E-state index is 12.2. The Morgan fingerprint density at radius 2 is 2.00 bits per heavy atom. The fourth-order valence-corrected chi connectivity index (χ4v) is 2.29. The summed E-state index contributed by atoms with van der Waals surface area (Å²) in [5.74, 6) is -1.13. The van der Waals surface area contributed by atoms with Crippen LogP contribution in [0.5, 0.6) is 5.75 Å². The Morgan fingerprint density at radius 3 is 2.62 bits per heavy atom. The van der Waals surface area contributed by atoms with Crippen molar-refractivity contribution in [3.63, 3.8) is 0 Å². The van der Waals surface area contributed by atoms with Crippen LogP contribution in [0.1, 0.15) is 31.9 Å². The molecule has 1 heterocycles. The van der Waals surface area contributed by atoms with E-state index < -0.39 is 23.1 Å². The first-order chi connectivity index (χ1) is 9.95. The zero-order chi connectivity index (χ0) is 15.6. The molecule has 0 bridgehead atoms. The zero-order valence-corrected chi connectivity index (χ0v) is 12.3. The Morgan fingerprint density at radius 1 is 1.33 bits per heavy atom. The summed E-state index contributed by atoms with van der Waals surface area (Å²) in [4.78, 5) is 23.7. The molecule has 0 aliphatic heterocycles. The van der Waals surface area contributed by atoms with Crippen LogP contribution in [0.25, 0.3) is 11.0 Å². The van der Waals surface area contributed by atoms with Gasteiger partial charge in [-0.3, -0.25) is 9.59 Å². The van der Waals surface area contributed by atoms with E-state index in [0.29, 0.717) is 11.0 Å². The van der Waals surface area contributed by atoms with E-state index >= 15 is 0 Å². The molecule has 5 nitrogen and oxygen atoms in total. The van der Waals surface area contributed by atoms with Gasteiger partial charge in [-0.25, -0.2) is 0 Å². The van der Waals surface area contributed by atoms with Gasteiger partial charge in [-0.1, -0.05) is 26.0 Å². The van der Waals surface area contributed by atoms with Crippen molar-refractivity contribution in [1.82, 2.24) is 0 Å². The van der Waals surface area contributed by atoms with E-state index in [9.17, 15) is 14.7 Å². The van der Waals surface area contributed by atoms with Gasteiger partial charge in [0.1, 0.15) is 5.58 Å². The number of benzene rings is 1. The van der Waals surface area contributed by atoms with Crippen LogP contribution in [0.4, 0.5) is 0 Å². The number of para-hydroxylation sites is 1. The molecule has 0 aliphatic rings. The molecular weight excluding hydrogens is 272 g/mol. The minimum absolute atomic E-state index is 0.000637. The average molecular weight is 290 g/mol. The molecular formula is C16H18O5. The standard InChI is InChI=1S/C16H18O5/c1-9(2)11(8-13(17)20-3)16-15(19)14(18)10-6-4-5-7-12(10)21-16/h4-7,9,11,19H,8H2,1-3H3. The van der Waals surface area contributed by atoms with E-state index in [0.717, 1.165) is 0 Å². The van der Waals surface area contributed by atoms with E-state index in [1.807, 2.05) is 13.8 Å². The number of fused-ring (bicyclic) bond motifs is 1. The van der Waals surface area contributed by atoms with E-state index in [1.165, 1.54) is 7.11 Å². The van der Waals surface area contributed by atoms with Crippen LogP contribution in [0.3, 0.4) is 0 Å². The van der Waals surface area contributed by atoms with Crippen molar-refractivity contribution in [2.24, 2.45) is 5.92 Å². The largest absolute Gasteiger partial charge is 0.502 e. The van der Waals surface area contributed by atoms with Gasteiger partial charge in [0.15, 0.2) is 5.76 Å². The number of hydrogen-bond acceptors (Lipinski definition) is 5. The molecule has 112 valence electrons. The van der Waals surface area contributed by atoms with Gasteiger partial charge in [0.05, 0.1) is 18.9 Å². The van der Waals surface area contributed by atoms with E-state index in [2.05, 4.69) is 4.74 Å². The summed E-state index contributed by atoms with van der Waals surface area (Å²) in [6.07, 6.45) is 0.0446. The molecule has 0 saturated carbocycles. The van der Waals surface area contributed by atoms with Gasteiger partial charge in [0.2, 0.25) is 11.2 Å². The normalized spacial score (nSPS) is 12.6. The second-order valence-electron chi connectivity index (χ2n) is 5.27. The van der Waals surface area contributed by atoms with E-state index in [1.54, 1.807) is 24.3 Å². The predicted octanol–water partition coefficient (Wildman–Crippen LogP) is 2.80. The molecule has 0 fully saturated rings. The van der Waals surface area contributed by atoms with Crippen molar-refractivity contribution in [3.8, 4) is 5.75 Å². The number of carbonyl (C=O) groups is 1. The number of methoxy groups -OCH3 is 1. The second-order valence-corrected chi connectivity index (χ2v) is 5.27. The van der Waals surface area contributed by atoms with Gasteiger partial charge in [-0.05, 0) is 18.1 Å². The maximum absolute atomic E-state index is 12.2. The molecule has 1 unspecified atom stereocenters. The van der Waals surface area contributed by atoms with E-state index in [-0.39, 0.29) is 18.1 Å². The van der Waals surface area contributed by atoms with Crippen molar-refractivity contribution in [2.75, 3.05) is 7.11 Å². The Balaban J connectivity index is 2.60. The monoisotopic (exact) mass is 290 g/mol. The number of hydrogen-bond donors (Lipinski definition) is 1. The highest BCUT2D eigenvalue weighted by Crippen LogP contribution is 2.34. The number of carbonyl (C=O) groups excluding carboxylic acids is 1. The molecule has 0 spiro atoms. The SMILES string of the molecule is COC(=O)CC(c1oc2ccccc2c(=O)c1O)C(C)C. The fourth-order valence-electron chi connectivity index (χ4n) is 2.29. The van der Waals surface area contributed by atoms with Crippen LogP contribution in [-0.4, -0.2) is 18.2 Å². The van der Waals surface area contributed by atoms with Crippen LogP contribution in [0.15, 0.2) is 33.5 Å². The first kappa shape index (κ1) is 15.1. The van der Waals surface area contributed by atoms with Crippen molar-refractivity contribution in [3.05, 3.63) is 40.2 Å². The number of esters is 1. The molecule has 0 amide bonds. The summed E-state index contributed by atoms with van der Waals surface area (Å²) in [5, 5.41) is 10.5. The highest BCUT2D eigenvalue weighted by Gasteiger charge is 2.27. The van der Waals surface area contributed by atoms with Crippen LogP contribution in [0, 0.1) is 5.92 Å². The van der Waals surface area contributed by atoms with Gasteiger partial charge < -0.3 is 14.3 Å². The highest BCUT2D eigenvalue weighted by atomic mass is 16.5. The topological polar surface area (TPSA) is 76.7 Å². The minimum Gasteiger partial charge on any atom is -0.502 e. The third-order valence-electron chi connectivity index (χ3n) is 3.56. The molecule has 0 radical (unpaired) electrons. The van der Waals surface area contributed by atoms with Crippen LogP contribution in [-0.2, 0) is 9.53 Å². The smallest absolute Gasteiger partial charge is 0.306 e. The zero-order valence-electron chi connectivity index (χ0n) is 12.3. The maximum Gasteiger partial charge on any atom is 0.306 e.